The van der Waals surface area contributed by atoms with Gasteiger partial charge >= 0.3 is 0 Å². The lowest BCUT2D eigenvalue weighted by atomic mass is 10.0. The molecule has 5 N–H and O–H groups in total. The van der Waals surface area contributed by atoms with Crippen molar-refractivity contribution in [3.63, 3.8) is 0 Å². The summed E-state index contributed by atoms with van der Waals surface area (Å²) in [6.07, 6.45) is -5.45. The van der Waals surface area contributed by atoms with Gasteiger partial charge in [-0.2, -0.15) is 0 Å². The van der Waals surface area contributed by atoms with E-state index in [1.807, 2.05) is 6.07 Å². The van der Waals surface area contributed by atoms with E-state index < -0.39 is 43.4 Å². The van der Waals surface area contributed by atoms with E-state index in [0.29, 0.717) is 29.9 Å². The molecule has 0 aliphatic carbocycles. The van der Waals surface area contributed by atoms with Crippen LogP contribution in [-0.4, -0.2) is 90.5 Å². The number of aliphatic hydroxyl groups excluding tert-OH is 5. The quantitative estimate of drug-likeness (QED) is 0.269. The molecule has 0 aromatic heterocycles. The predicted octanol–water partition coefficient (Wildman–Crippen LogP) is 0.921. The van der Waals surface area contributed by atoms with Crippen LogP contribution in [0.1, 0.15) is 30.6 Å². The Morgan fingerprint density at radius 1 is 0.919 bits per heavy atom. The lowest BCUT2D eigenvalue weighted by molar-refractivity contribution is -0.178. The third kappa shape index (κ3) is 7.23. The molecule has 0 spiro atoms. The van der Waals surface area contributed by atoms with Gasteiger partial charge in [0.25, 0.3) is 0 Å². The summed E-state index contributed by atoms with van der Waals surface area (Å²) in [5.41, 5.74) is 1.33. The van der Waals surface area contributed by atoms with Crippen LogP contribution in [0, 0.1) is 0 Å². The van der Waals surface area contributed by atoms with Gasteiger partial charge in [0, 0.05) is 6.61 Å². The Morgan fingerprint density at radius 2 is 1.62 bits per heavy atom. The lowest BCUT2D eigenvalue weighted by Crippen LogP contribution is -2.44. The summed E-state index contributed by atoms with van der Waals surface area (Å²) in [7, 11) is 2.90. The van der Waals surface area contributed by atoms with Gasteiger partial charge in [-0.3, -0.25) is 0 Å². The van der Waals surface area contributed by atoms with Gasteiger partial charge in [0.15, 0.2) is 35.9 Å². The Labute approximate surface area is 215 Å². The molecule has 2 aromatic carbocycles. The van der Waals surface area contributed by atoms with Crippen LogP contribution in [0.15, 0.2) is 36.4 Å². The van der Waals surface area contributed by atoms with Crippen LogP contribution in [-0.2, 0) is 15.9 Å². The van der Waals surface area contributed by atoms with Gasteiger partial charge in [0.2, 0.25) is 6.29 Å². The van der Waals surface area contributed by atoms with Crippen molar-refractivity contribution in [3.05, 3.63) is 47.5 Å². The molecule has 3 rings (SSSR count). The van der Waals surface area contributed by atoms with Gasteiger partial charge in [0.1, 0.15) is 18.3 Å². The van der Waals surface area contributed by atoms with E-state index in [1.54, 1.807) is 25.1 Å². The van der Waals surface area contributed by atoms with Gasteiger partial charge in [-0.25, -0.2) is 0 Å². The van der Waals surface area contributed by atoms with Crippen molar-refractivity contribution in [1.82, 2.24) is 0 Å². The second kappa shape index (κ2) is 13.8. The molecule has 1 aliphatic heterocycles. The van der Waals surface area contributed by atoms with E-state index in [-0.39, 0.29) is 24.9 Å². The molecule has 0 radical (unpaired) electrons. The highest BCUT2D eigenvalue weighted by atomic mass is 16.8. The second-order valence-corrected chi connectivity index (χ2v) is 8.63. The van der Waals surface area contributed by atoms with Crippen molar-refractivity contribution in [2.75, 3.05) is 34.2 Å². The zero-order valence-corrected chi connectivity index (χ0v) is 21.1. The van der Waals surface area contributed by atoms with E-state index in [4.69, 9.17) is 33.5 Å². The molecule has 1 fully saturated rings. The van der Waals surface area contributed by atoms with Crippen molar-refractivity contribution in [2.45, 2.75) is 56.6 Å². The summed E-state index contributed by atoms with van der Waals surface area (Å²) in [5.74, 6) is 1.20. The van der Waals surface area contributed by atoms with Crippen LogP contribution in [0.2, 0.25) is 0 Å². The third-order valence-electron chi connectivity index (χ3n) is 6.11. The molecule has 2 aromatic rings. The molecule has 1 saturated heterocycles. The van der Waals surface area contributed by atoms with Crippen LogP contribution in [0.4, 0.5) is 0 Å². The fraction of sp³-hybridized carbons (Fsp3) is 0.538. The zero-order chi connectivity index (χ0) is 26.9. The Kier molecular flexibility index (Phi) is 10.8. The average molecular weight is 525 g/mol. The molecule has 6 unspecified atom stereocenters. The fourth-order valence-corrected chi connectivity index (χ4v) is 3.87. The number of rotatable bonds is 12. The number of hydrogen-bond acceptors (Lipinski definition) is 11. The summed E-state index contributed by atoms with van der Waals surface area (Å²) in [6.45, 7) is 1.02. The Morgan fingerprint density at radius 3 is 2.30 bits per heavy atom. The lowest BCUT2D eigenvalue weighted by Gasteiger charge is -2.26. The van der Waals surface area contributed by atoms with Crippen LogP contribution in [0.5, 0.6) is 23.0 Å². The highest BCUT2D eigenvalue weighted by molar-refractivity contribution is 5.45. The fourth-order valence-electron chi connectivity index (χ4n) is 3.87. The van der Waals surface area contributed by atoms with Crippen LogP contribution in [0.3, 0.4) is 0 Å². The normalized spacial score (nSPS) is 23.6. The summed E-state index contributed by atoms with van der Waals surface area (Å²) in [4.78, 5) is 0. The topological polar surface area (TPSA) is 157 Å². The molecule has 0 bridgehead atoms. The maximum atomic E-state index is 11.0. The molecule has 0 amide bonds. The molecular weight excluding hydrogens is 488 g/mol. The molecule has 206 valence electrons. The Balaban J connectivity index is 1.76. The average Bonchev–Trinajstić information content (AvgIpc) is 3.04. The standard InChI is InChI=1S/C26H36O11/c1-15-23(29)25(31)26(35-14-34-15)37-19-9-7-17(12-21(19)33-3)24(30)22(13-28)36-18-8-6-16(5-4-10-27)11-20(18)32-2/h6-9,11-12,15,22-31H,4-5,10,13-14H2,1-3H3. The van der Waals surface area contributed by atoms with Gasteiger partial charge < -0.3 is 54.0 Å². The van der Waals surface area contributed by atoms with E-state index in [1.165, 1.54) is 26.4 Å². The highest BCUT2D eigenvalue weighted by Gasteiger charge is 2.36. The summed E-state index contributed by atoms with van der Waals surface area (Å²) in [6, 6.07) is 9.89. The van der Waals surface area contributed by atoms with E-state index >= 15 is 0 Å². The van der Waals surface area contributed by atoms with Crippen molar-refractivity contribution < 1.29 is 54.0 Å². The number of aliphatic hydroxyl groups is 5. The first-order valence-electron chi connectivity index (χ1n) is 12.0. The van der Waals surface area contributed by atoms with Crippen molar-refractivity contribution in [2.24, 2.45) is 0 Å². The molecule has 11 nitrogen and oxygen atoms in total. The summed E-state index contributed by atoms with van der Waals surface area (Å²) >= 11 is 0. The smallest absolute Gasteiger partial charge is 0.231 e. The highest BCUT2D eigenvalue weighted by Crippen LogP contribution is 2.35. The molecule has 37 heavy (non-hydrogen) atoms. The van der Waals surface area contributed by atoms with Gasteiger partial charge in [-0.1, -0.05) is 12.1 Å². The van der Waals surface area contributed by atoms with Gasteiger partial charge in [-0.05, 0) is 55.2 Å². The maximum Gasteiger partial charge on any atom is 0.231 e. The first-order valence-corrected chi connectivity index (χ1v) is 12.0. The molecule has 0 saturated carbocycles. The monoisotopic (exact) mass is 524 g/mol. The van der Waals surface area contributed by atoms with Gasteiger partial charge in [-0.15, -0.1) is 0 Å². The van der Waals surface area contributed by atoms with Crippen molar-refractivity contribution >= 4 is 0 Å². The van der Waals surface area contributed by atoms with E-state index in [9.17, 15) is 20.4 Å². The number of ether oxygens (including phenoxy) is 6. The number of methoxy groups -OCH3 is 2. The summed E-state index contributed by atoms with van der Waals surface area (Å²) in [5, 5.41) is 50.5. The van der Waals surface area contributed by atoms with Crippen LogP contribution < -0.4 is 18.9 Å². The van der Waals surface area contributed by atoms with E-state index in [2.05, 4.69) is 0 Å². The summed E-state index contributed by atoms with van der Waals surface area (Å²) < 4.78 is 33.1. The molecule has 1 heterocycles. The van der Waals surface area contributed by atoms with Crippen molar-refractivity contribution in [3.8, 4) is 23.0 Å². The van der Waals surface area contributed by atoms with E-state index in [0.717, 1.165) is 5.56 Å². The minimum atomic E-state index is -1.37. The Hall–Kier alpha value is -2.64. The SMILES string of the molecule is COc1cc(CCCO)ccc1OC(CO)C(O)c1ccc(OC2OCOC(C)C(O)C2O)c(OC)c1. The largest absolute Gasteiger partial charge is 0.493 e. The van der Waals surface area contributed by atoms with Crippen LogP contribution >= 0.6 is 0 Å². The minimum absolute atomic E-state index is 0.0798. The Bertz CT molecular complexity index is 985. The third-order valence-corrected chi connectivity index (χ3v) is 6.11. The second-order valence-electron chi connectivity index (χ2n) is 8.63. The molecule has 1 aliphatic rings. The number of aryl methyl sites for hydroxylation is 1. The molecule has 11 heteroatoms. The minimum Gasteiger partial charge on any atom is -0.493 e. The van der Waals surface area contributed by atoms with Gasteiger partial charge in [0.05, 0.1) is 26.9 Å². The number of hydrogen-bond donors (Lipinski definition) is 5. The first kappa shape index (κ1) is 28.9. The first-order chi connectivity index (χ1) is 17.8. The van der Waals surface area contributed by atoms with Crippen LogP contribution in [0.25, 0.3) is 0 Å². The number of benzene rings is 2. The molecular formula is C26H36O11. The zero-order valence-electron chi connectivity index (χ0n) is 21.1. The van der Waals surface area contributed by atoms with Crippen molar-refractivity contribution in [1.29, 1.82) is 0 Å². The predicted molar refractivity (Wildman–Crippen MR) is 131 cm³/mol. The maximum absolute atomic E-state index is 11.0. The molecule has 6 atom stereocenters.